The molecule has 9 nitrogen and oxygen atoms in total. The van der Waals surface area contributed by atoms with E-state index in [1.165, 1.54) is 6.33 Å². The van der Waals surface area contributed by atoms with Crippen LogP contribution >= 0.6 is 11.8 Å². The maximum absolute atomic E-state index is 12.9. The van der Waals surface area contributed by atoms with Gasteiger partial charge in [0.25, 0.3) is 5.56 Å². The van der Waals surface area contributed by atoms with E-state index in [-0.39, 0.29) is 23.9 Å². The first-order valence-corrected chi connectivity index (χ1v) is 10.9. The Morgan fingerprint density at radius 3 is 2.93 bits per heavy atom. The number of nitrogens with zero attached hydrogens (tertiary/aromatic N) is 6. The number of fused-ring (bicyclic) bond motifs is 2. The number of carbonyl (C=O) groups is 1. The van der Waals surface area contributed by atoms with Crippen LogP contribution in [0.25, 0.3) is 5.82 Å². The van der Waals surface area contributed by atoms with E-state index in [0.29, 0.717) is 17.4 Å². The highest BCUT2D eigenvalue weighted by Gasteiger charge is 2.31. The van der Waals surface area contributed by atoms with Gasteiger partial charge in [0.05, 0.1) is 17.4 Å². The molecule has 1 unspecified atom stereocenters. The lowest BCUT2D eigenvalue weighted by Crippen LogP contribution is -2.30. The summed E-state index contributed by atoms with van der Waals surface area (Å²) >= 11 is 1.54. The van der Waals surface area contributed by atoms with Crippen molar-refractivity contribution < 1.29 is 4.79 Å². The molecule has 3 aromatic heterocycles. The van der Waals surface area contributed by atoms with Crippen LogP contribution in [0, 0.1) is 13.8 Å². The van der Waals surface area contributed by atoms with Gasteiger partial charge in [-0.15, -0.1) is 0 Å². The summed E-state index contributed by atoms with van der Waals surface area (Å²) in [6.07, 6.45) is 4.22. The second-order valence-corrected chi connectivity index (χ2v) is 8.65. The van der Waals surface area contributed by atoms with Gasteiger partial charge in [0.2, 0.25) is 5.91 Å². The molecule has 1 amide bonds. The zero-order chi connectivity index (χ0) is 20.8. The van der Waals surface area contributed by atoms with Gasteiger partial charge in [-0.3, -0.25) is 14.2 Å². The Hall–Kier alpha value is -3.01. The predicted molar refractivity (Wildman–Crippen MR) is 112 cm³/mol. The van der Waals surface area contributed by atoms with Crippen molar-refractivity contribution in [3.05, 3.63) is 51.5 Å². The quantitative estimate of drug-likeness (QED) is 0.640. The van der Waals surface area contributed by atoms with Crippen LogP contribution in [0.5, 0.6) is 0 Å². The number of aryl methyl sites for hydroxylation is 3. The molecule has 30 heavy (non-hydrogen) atoms. The van der Waals surface area contributed by atoms with Gasteiger partial charge in [-0.2, -0.15) is 5.10 Å². The molecule has 0 aromatic carbocycles. The van der Waals surface area contributed by atoms with Crippen LogP contribution < -0.4 is 10.9 Å². The highest BCUT2D eigenvalue weighted by atomic mass is 32.2. The van der Waals surface area contributed by atoms with Crippen molar-refractivity contribution in [1.82, 2.24) is 29.3 Å². The molecule has 2 aliphatic rings. The Kier molecular flexibility index (Phi) is 4.65. The zero-order valence-electron chi connectivity index (χ0n) is 16.8. The van der Waals surface area contributed by atoms with E-state index < -0.39 is 0 Å². The summed E-state index contributed by atoms with van der Waals surface area (Å²) in [5, 5.41) is 7.97. The van der Waals surface area contributed by atoms with Crippen molar-refractivity contribution in [2.24, 2.45) is 0 Å². The second-order valence-electron chi connectivity index (χ2n) is 7.67. The molecular weight excluding hydrogens is 402 g/mol. The number of amides is 1. The van der Waals surface area contributed by atoms with Crippen LogP contribution in [-0.4, -0.2) is 41.0 Å². The van der Waals surface area contributed by atoms with E-state index >= 15 is 0 Å². The van der Waals surface area contributed by atoms with Gasteiger partial charge < -0.3 is 5.32 Å². The Labute approximate surface area is 177 Å². The normalized spacial score (nSPS) is 17.1. The molecule has 3 aromatic rings. The molecule has 1 aliphatic carbocycles. The van der Waals surface area contributed by atoms with E-state index in [9.17, 15) is 9.59 Å². The lowest BCUT2D eigenvalue weighted by atomic mass is 10.2. The summed E-state index contributed by atoms with van der Waals surface area (Å²) in [7, 11) is 0. The van der Waals surface area contributed by atoms with Crippen molar-refractivity contribution >= 4 is 23.5 Å². The second kappa shape index (κ2) is 7.35. The smallest absolute Gasteiger partial charge is 0.257 e. The Morgan fingerprint density at radius 2 is 2.13 bits per heavy atom. The third-order valence-electron chi connectivity index (χ3n) is 5.44. The van der Waals surface area contributed by atoms with Gasteiger partial charge in [0.15, 0.2) is 11.0 Å². The molecular formula is C20H21N7O2S. The van der Waals surface area contributed by atoms with E-state index in [1.807, 2.05) is 19.9 Å². The fourth-order valence-electron chi connectivity index (χ4n) is 4.10. The molecule has 10 heteroatoms. The van der Waals surface area contributed by atoms with Gasteiger partial charge in [-0.05, 0) is 39.2 Å². The minimum absolute atomic E-state index is 0.0177. The van der Waals surface area contributed by atoms with Crippen molar-refractivity contribution in [1.29, 1.82) is 0 Å². The summed E-state index contributed by atoms with van der Waals surface area (Å²) in [6, 6.07) is 3.45. The van der Waals surface area contributed by atoms with E-state index in [4.69, 9.17) is 0 Å². The first-order chi connectivity index (χ1) is 14.5. The largest absolute Gasteiger partial charge is 0.310 e. The first-order valence-electron chi connectivity index (χ1n) is 9.92. The van der Waals surface area contributed by atoms with Crippen molar-refractivity contribution in [2.75, 3.05) is 11.1 Å². The maximum atomic E-state index is 12.9. The summed E-state index contributed by atoms with van der Waals surface area (Å²) in [6.45, 7) is 3.86. The SMILES string of the molecule is Cc1cc(C)n(-c2cc(NC(=O)CC3CSc4nc5c(c(=O)n43)CCC5)ncn2)n1. The minimum atomic E-state index is -0.201. The van der Waals surface area contributed by atoms with Gasteiger partial charge >= 0.3 is 0 Å². The van der Waals surface area contributed by atoms with Crippen LogP contribution in [0.3, 0.4) is 0 Å². The molecule has 1 atom stereocenters. The minimum Gasteiger partial charge on any atom is -0.310 e. The van der Waals surface area contributed by atoms with Crippen molar-refractivity contribution in [3.8, 4) is 5.82 Å². The van der Waals surface area contributed by atoms with Gasteiger partial charge in [-0.1, -0.05) is 11.8 Å². The van der Waals surface area contributed by atoms with Crippen LogP contribution in [0.2, 0.25) is 0 Å². The summed E-state index contributed by atoms with van der Waals surface area (Å²) in [5.74, 6) is 1.46. The molecule has 0 saturated carbocycles. The number of thioether (sulfide) groups is 1. The Balaban J connectivity index is 1.33. The average molecular weight is 424 g/mol. The number of hydrogen-bond donors (Lipinski definition) is 1. The lowest BCUT2D eigenvalue weighted by molar-refractivity contribution is -0.116. The first kappa shape index (κ1) is 19.0. The number of nitrogens with one attached hydrogen (secondary N) is 1. The maximum Gasteiger partial charge on any atom is 0.257 e. The Morgan fingerprint density at radius 1 is 1.27 bits per heavy atom. The molecule has 0 bridgehead atoms. The zero-order valence-corrected chi connectivity index (χ0v) is 17.6. The number of carbonyl (C=O) groups excluding carboxylic acids is 1. The van der Waals surface area contributed by atoms with E-state index in [2.05, 4.69) is 25.4 Å². The fourth-order valence-corrected chi connectivity index (χ4v) is 5.26. The third kappa shape index (κ3) is 3.30. The highest BCUT2D eigenvalue weighted by molar-refractivity contribution is 7.99. The molecule has 5 rings (SSSR count). The lowest BCUT2D eigenvalue weighted by Gasteiger charge is -2.14. The van der Waals surface area contributed by atoms with Crippen LogP contribution in [-0.2, 0) is 17.6 Å². The average Bonchev–Trinajstić information content (AvgIpc) is 3.41. The molecule has 154 valence electrons. The van der Waals surface area contributed by atoms with Crippen LogP contribution in [0.4, 0.5) is 5.82 Å². The standard InChI is InChI=1S/C20H21N7O2S/c1-11-6-12(2)27(25-11)17-8-16(21-10-22-17)24-18(28)7-13-9-30-20-23-15-5-3-4-14(15)19(29)26(13)20/h6,8,10,13H,3-5,7,9H2,1-2H3,(H,21,22,24,28). The molecule has 0 radical (unpaired) electrons. The van der Waals surface area contributed by atoms with Crippen LogP contribution in [0.1, 0.15) is 41.5 Å². The molecule has 1 aliphatic heterocycles. The van der Waals surface area contributed by atoms with Gasteiger partial charge in [0.1, 0.15) is 12.1 Å². The summed E-state index contributed by atoms with van der Waals surface area (Å²) < 4.78 is 3.41. The third-order valence-corrected chi connectivity index (χ3v) is 6.54. The van der Waals surface area contributed by atoms with E-state index in [1.54, 1.807) is 27.1 Å². The molecule has 0 saturated heterocycles. The number of aromatic nitrogens is 6. The molecule has 1 N–H and O–H groups in total. The van der Waals surface area contributed by atoms with Crippen LogP contribution in [0.15, 0.2) is 28.4 Å². The molecule has 0 fully saturated rings. The summed E-state index contributed by atoms with van der Waals surface area (Å²) in [4.78, 5) is 38.6. The summed E-state index contributed by atoms with van der Waals surface area (Å²) in [5.41, 5.74) is 3.60. The molecule has 0 spiro atoms. The van der Waals surface area contributed by atoms with Crippen molar-refractivity contribution in [3.63, 3.8) is 0 Å². The highest BCUT2D eigenvalue weighted by Crippen LogP contribution is 2.34. The van der Waals surface area contributed by atoms with E-state index in [0.717, 1.165) is 47.1 Å². The number of anilines is 1. The number of hydrogen-bond acceptors (Lipinski definition) is 7. The fraction of sp³-hybridized carbons (Fsp3) is 0.400. The Bertz CT molecular complexity index is 1220. The van der Waals surface area contributed by atoms with Crippen molar-refractivity contribution in [2.45, 2.75) is 50.7 Å². The monoisotopic (exact) mass is 423 g/mol. The topological polar surface area (TPSA) is 108 Å². The van der Waals surface area contributed by atoms with Gasteiger partial charge in [0, 0.05) is 29.5 Å². The predicted octanol–water partition coefficient (Wildman–Crippen LogP) is 2.00. The molecule has 4 heterocycles. The number of rotatable bonds is 4. The van der Waals surface area contributed by atoms with Gasteiger partial charge in [-0.25, -0.2) is 19.6 Å².